The lowest BCUT2D eigenvalue weighted by atomic mass is 9.94. The third kappa shape index (κ3) is 5.44. The first kappa shape index (κ1) is 25.9. The molecule has 1 aliphatic heterocycles. The van der Waals surface area contributed by atoms with Crippen molar-refractivity contribution in [1.29, 1.82) is 0 Å². The highest BCUT2D eigenvalue weighted by Crippen LogP contribution is 2.40. The number of ether oxygens (including phenoxy) is 1. The van der Waals surface area contributed by atoms with E-state index in [0.717, 1.165) is 16.5 Å². The van der Waals surface area contributed by atoms with E-state index in [-0.39, 0.29) is 12.8 Å². The molecule has 0 amide bonds. The molecule has 2 aromatic carbocycles. The third-order valence-electron chi connectivity index (χ3n) is 7.33. The van der Waals surface area contributed by atoms with Crippen LogP contribution in [0.2, 0.25) is 5.02 Å². The highest BCUT2D eigenvalue weighted by atomic mass is 35.5. The number of hydrogen-bond acceptors (Lipinski definition) is 6. The van der Waals surface area contributed by atoms with E-state index in [2.05, 4.69) is 24.3 Å². The number of aliphatic carboxylic acids is 1. The Kier molecular flexibility index (Phi) is 7.38. The summed E-state index contributed by atoms with van der Waals surface area (Å²) in [6.45, 7) is 0. The summed E-state index contributed by atoms with van der Waals surface area (Å²) in [6.07, 6.45) is -2.26. The molecule has 0 bridgehead atoms. The number of ketones is 1. The fourth-order valence-electron chi connectivity index (χ4n) is 5.20. The molecule has 5 atom stereocenters. The van der Waals surface area contributed by atoms with Gasteiger partial charge in [-0.15, -0.1) is 0 Å². The van der Waals surface area contributed by atoms with Crippen molar-refractivity contribution < 1.29 is 34.8 Å². The van der Waals surface area contributed by atoms with E-state index in [9.17, 15) is 24.9 Å². The molecule has 1 saturated carbocycles. The van der Waals surface area contributed by atoms with Crippen molar-refractivity contribution in [3.63, 3.8) is 0 Å². The van der Waals surface area contributed by atoms with Gasteiger partial charge in [-0.2, -0.15) is 0 Å². The van der Waals surface area contributed by atoms with Gasteiger partial charge in [-0.25, -0.2) is 0 Å². The van der Waals surface area contributed by atoms with E-state index in [4.69, 9.17) is 21.4 Å². The lowest BCUT2D eigenvalue weighted by molar-refractivity contribution is -0.245. The van der Waals surface area contributed by atoms with E-state index >= 15 is 0 Å². The number of benzene rings is 2. The van der Waals surface area contributed by atoms with Gasteiger partial charge < -0.3 is 29.7 Å². The Bertz CT molecular complexity index is 1300. The molecule has 0 unspecified atom stereocenters. The second-order valence-electron chi connectivity index (χ2n) is 10.1. The molecule has 2 heterocycles. The first-order chi connectivity index (χ1) is 17.7. The number of aliphatic hydroxyl groups excluding tert-OH is 3. The zero-order valence-electron chi connectivity index (χ0n) is 20.2. The summed E-state index contributed by atoms with van der Waals surface area (Å²) >= 11 is 6.61. The summed E-state index contributed by atoms with van der Waals surface area (Å²) in [6, 6.07) is 14.0. The number of carbonyl (C=O) groups excluding carboxylic acids is 1. The van der Waals surface area contributed by atoms with Crippen molar-refractivity contribution in [2.45, 2.75) is 75.1 Å². The summed E-state index contributed by atoms with van der Waals surface area (Å²) < 4.78 is 7.75. The van der Waals surface area contributed by atoms with E-state index in [0.29, 0.717) is 22.9 Å². The molecule has 2 aliphatic rings. The maximum absolute atomic E-state index is 11.9. The third-order valence-corrected chi connectivity index (χ3v) is 7.64. The number of halogens is 1. The van der Waals surface area contributed by atoms with Crippen LogP contribution in [-0.2, 0) is 20.7 Å². The average molecular weight is 528 g/mol. The minimum absolute atomic E-state index is 0.00766. The fourth-order valence-corrected chi connectivity index (χ4v) is 5.49. The standard InChI is InChI=1S/C28H30ClNO7/c29-20-2-1-3-21-24(20)18(12-15-4-6-16(7-5-15)17-8-9-17)14-30(21)28-27(36)26(35)25(34)22(37-28)11-10-19(31)13-23(32)33/h1-7,14,17,22,25-28,34-36H,8-13H2,(H,32,33)/t22-,25-,26+,27-,28-/m1/s1. The molecule has 1 aromatic heterocycles. The van der Waals surface area contributed by atoms with Crippen LogP contribution in [0.15, 0.2) is 48.7 Å². The molecule has 0 radical (unpaired) electrons. The number of rotatable bonds is 9. The van der Waals surface area contributed by atoms with Crippen LogP contribution in [0.5, 0.6) is 0 Å². The first-order valence-electron chi connectivity index (χ1n) is 12.5. The fraction of sp³-hybridized carbons (Fsp3) is 0.429. The molecule has 196 valence electrons. The summed E-state index contributed by atoms with van der Waals surface area (Å²) in [7, 11) is 0. The minimum Gasteiger partial charge on any atom is -0.481 e. The number of carboxylic acid groups (broad SMARTS) is 1. The second kappa shape index (κ2) is 10.6. The Hall–Kier alpha value is -2.75. The van der Waals surface area contributed by atoms with Crippen LogP contribution in [-0.4, -0.2) is 61.2 Å². The first-order valence-corrected chi connectivity index (χ1v) is 12.9. The van der Waals surface area contributed by atoms with Crippen LogP contribution in [0, 0.1) is 0 Å². The van der Waals surface area contributed by atoms with Crippen molar-refractivity contribution in [2.75, 3.05) is 0 Å². The molecule has 1 saturated heterocycles. The highest BCUT2D eigenvalue weighted by molar-refractivity contribution is 6.35. The Morgan fingerprint density at radius 1 is 1.00 bits per heavy atom. The van der Waals surface area contributed by atoms with Crippen molar-refractivity contribution in [1.82, 2.24) is 4.57 Å². The average Bonchev–Trinajstić information content (AvgIpc) is 3.65. The zero-order chi connectivity index (χ0) is 26.3. The number of carboxylic acids is 1. The number of aliphatic hydroxyl groups is 3. The molecule has 3 aromatic rings. The molecule has 8 nitrogen and oxygen atoms in total. The predicted octanol–water partition coefficient (Wildman–Crippen LogP) is 3.57. The molecule has 0 spiro atoms. The SMILES string of the molecule is O=C(O)CC(=O)CC[C@H]1O[C@@H](n2cc(Cc3ccc(C4CC4)cc3)c3c(Cl)cccc32)[C@H](O)[C@@H](O)[C@@H]1O. The van der Waals surface area contributed by atoms with Crippen LogP contribution in [0.1, 0.15) is 60.9 Å². The minimum atomic E-state index is -1.52. The Labute approximate surface area is 219 Å². The molecular formula is C28H30ClNO7. The van der Waals surface area contributed by atoms with Gasteiger partial charge in [-0.3, -0.25) is 9.59 Å². The van der Waals surface area contributed by atoms with Gasteiger partial charge in [-0.1, -0.05) is 41.9 Å². The van der Waals surface area contributed by atoms with Crippen molar-refractivity contribution >= 4 is 34.3 Å². The molecule has 4 N–H and O–H groups in total. The molecule has 5 rings (SSSR count). The van der Waals surface area contributed by atoms with Gasteiger partial charge in [0.05, 0.1) is 16.6 Å². The largest absolute Gasteiger partial charge is 0.481 e. The quantitative estimate of drug-likeness (QED) is 0.313. The van der Waals surface area contributed by atoms with Crippen LogP contribution >= 0.6 is 11.6 Å². The Morgan fingerprint density at radius 2 is 1.73 bits per heavy atom. The molecule has 37 heavy (non-hydrogen) atoms. The smallest absolute Gasteiger partial charge is 0.310 e. The van der Waals surface area contributed by atoms with E-state index < -0.39 is 48.8 Å². The van der Waals surface area contributed by atoms with Crippen molar-refractivity contribution in [3.8, 4) is 0 Å². The number of hydrogen-bond donors (Lipinski definition) is 4. The lowest BCUT2D eigenvalue weighted by Crippen LogP contribution is -2.55. The predicted molar refractivity (Wildman–Crippen MR) is 137 cm³/mol. The van der Waals surface area contributed by atoms with Crippen LogP contribution < -0.4 is 0 Å². The molecule has 1 aliphatic carbocycles. The summed E-state index contributed by atoms with van der Waals surface area (Å²) in [5.41, 5.74) is 4.08. The summed E-state index contributed by atoms with van der Waals surface area (Å²) in [5, 5.41) is 42.1. The van der Waals surface area contributed by atoms with Crippen LogP contribution in [0.3, 0.4) is 0 Å². The maximum atomic E-state index is 11.9. The van der Waals surface area contributed by atoms with Gasteiger partial charge in [0.25, 0.3) is 0 Å². The van der Waals surface area contributed by atoms with E-state index in [1.54, 1.807) is 16.7 Å². The monoisotopic (exact) mass is 527 g/mol. The van der Waals surface area contributed by atoms with Gasteiger partial charge in [0.1, 0.15) is 30.5 Å². The zero-order valence-corrected chi connectivity index (χ0v) is 20.9. The van der Waals surface area contributed by atoms with Gasteiger partial charge in [0.15, 0.2) is 6.23 Å². The Balaban J connectivity index is 1.43. The number of nitrogens with zero attached hydrogens (tertiary/aromatic N) is 1. The van der Waals surface area contributed by atoms with Crippen molar-refractivity contribution in [3.05, 3.63) is 70.4 Å². The molecule has 2 fully saturated rings. The van der Waals surface area contributed by atoms with E-state index in [1.165, 1.54) is 18.4 Å². The summed E-state index contributed by atoms with van der Waals surface area (Å²) in [4.78, 5) is 22.7. The number of fused-ring (bicyclic) bond motifs is 1. The van der Waals surface area contributed by atoms with Crippen LogP contribution in [0.25, 0.3) is 10.9 Å². The molecule has 9 heteroatoms. The normalized spacial score (nSPS) is 25.9. The number of carbonyl (C=O) groups is 2. The van der Waals surface area contributed by atoms with Gasteiger partial charge in [0.2, 0.25) is 0 Å². The number of Topliss-reactive ketones (excluding diaryl/α,β-unsaturated/α-hetero) is 1. The van der Waals surface area contributed by atoms with Gasteiger partial charge in [-0.05, 0) is 60.4 Å². The topological polar surface area (TPSA) is 129 Å². The van der Waals surface area contributed by atoms with Crippen molar-refractivity contribution in [2.24, 2.45) is 0 Å². The summed E-state index contributed by atoms with van der Waals surface area (Å²) in [5.74, 6) is -1.06. The lowest BCUT2D eigenvalue weighted by Gasteiger charge is -2.41. The van der Waals surface area contributed by atoms with E-state index in [1.807, 2.05) is 12.3 Å². The van der Waals surface area contributed by atoms with Gasteiger partial charge >= 0.3 is 5.97 Å². The maximum Gasteiger partial charge on any atom is 0.310 e. The Morgan fingerprint density at radius 3 is 2.41 bits per heavy atom. The second-order valence-corrected chi connectivity index (χ2v) is 10.5. The van der Waals surface area contributed by atoms with Crippen LogP contribution in [0.4, 0.5) is 0 Å². The van der Waals surface area contributed by atoms with Gasteiger partial charge in [0, 0.05) is 18.0 Å². The molecular weight excluding hydrogens is 498 g/mol. The number of aromatic nitrogens is 1. The highest BCUT2D eigenvalue weighted by Gasteiger charge is 2.44.